The fourth-order valence-corrected chi connectivity index (χ4v) is 6.71. The molecule has 0 spiro atoms. The van der Waals surface area contributed by atoms with Gasteiger partial charge >= 0.3 is 0 Å². The predicted octanol–water partition coefficient (Wildman–Crippen LogP) is 7.09. The maximum atomic E-state index is 14.5. The van der Waals surface area contributed by atoms with Gasteiger partial charge in [0.25, 0.3) is 10.0 Å². The lowest BCUT2D eigenvalue weighted by atomic mass is 10.0. The third-order valence-electron chi connectivity index (χ3n) is 7.42. The zero-order valence-electron chi connectivity index (χ0n) is 25.5. The van der Waals surface area contributed by atoms with Crippen molar-refractivity contribution in [3.63, 3.8) is 0 Å². The van der Waals surface area contributed by atoms with E-state index in [1.54, 1.807) is 55.5 Å². The first-order chi connectivity index (χ1) is 21.5. The van der Waals surface area contributed by atoms with E-state index in [0.29, 0.717) is 27.8 Å². The van der Waals surface area contributed by atoms with Gasteiger partial charge in [-0.3, -0.25) is 13.9 Å². The molecule has 1 atom stereocenters. The Labute approximate surface area is 275 Å². The second-order valence-corrected chi connectivity index (χ2v) is 13.6. The van der Waals surface area contributed by atoms with Gasteiger partial charge < -0.3 is 10.2 Å². The van der Waals surface area contributed by atoms with E-state index in [2.05, 4.69) is 5.32 Å². The molecule has 0 aliphatic rings. The first-order valence-corrected chi connectivity index (χ1v) is 16.9. The summed E-state index contributed by atoms with van der Waals surface area (Å²) in [5, 5.41) is 3.51. The molecule has 0 bridgehead atoms. The predicted molar refractivity (Wildman–Crippen MR) is 181 cm³/mol. The van der Waals surface area contributed by atoms with Crippen LogP contribution in [0.5, 0.6) is 0 Å². The van der Waals surface area contributed by atoms with Crippen LogP contribution < -0.4 is 9.62 Å². The van der Waals surface area contributed by atoms with Crippen LogP contribution in [0, 0.1) is 0 Å². The van der Waals surface area contributed by atoms with Crippen LogP contribution in [0.4, 0.5) is 5.69 Å². The van der Waals surface area contributed by atoms with E-state index in [9.17, 15) is 18.0 Å². The van der Waals surface area contributed by atoms with Crippen LogP contribution in [0.15, 0.2) is 108 Å². The number of nitrogens with zero attached hydrogens (tertiary/aromatic N) is 2. The lowest BCUT2D eigenvalue weighted by Gasteiger charge is -2.34. The zero-order valence-corrected chi connectivity index (χ0v) is 27.8. The van der Waals surface area contributed by atoms with E-state index >= 15 is 0 Å². The number of halogens is 2. The SMILES string of the molecule is CCNC(=O)[C@H](Cc1ccccc1)N(Cc1ccc(Cl)c(Cl)c1)C(=O)CN(c1ccc(C(C)C)cc1)S(=O)(=O)c1ccccc1. The van der Waals surface area contributed by atoms with E-state index < -0.39 is 28.5 Å². The minimum atomic E-state index is -4.17. The molecule has 0 aliphatic carbocycles. The minimum Gasteiger partial charge on any atom is -0.355 e. The smallest absolute Gasteiger partial charge is 0.264 e. The van der Waals surface area contributed by atoms with Gasteiger partial charge in [-0.15, -0.1) is 0 Å². The van der Waals surface area contributed by atoms with Crippen molar-refractivity contribution in [3.8, 4) is 0 Å². The molecule has 7 nitrogen and oxygen atoms in total. The monoisotopic (exact) mass is 665 g/mol. The average molecular weight is 667 g/mol. The maximum Gasteiger partial charge on any atom is 0.264 e. The summed E-state index contributed by atoms with van der Waals surface area (Å²) in [6.07, 6.45) is 0.217. The van der Waals surface area contributed by atoms with Crippen molar-refractivity contribution in [2.75, 3.05) is 17.4 Å². The number of hydrogen-bond acceptors (Lipinski definition) is 4. The Balaban J connectivity index is 1.81. The van der Waals surface area contributed by atoms with E-state index in [-0.39, 0.29) is 29.7 Å². The van der Waals surface area contributed by atoms with Gasteiger partial charge in [0.2, 0.25) is 11.8 Å². The molecule has 45 heavy (non-hydrogen) atoms. The summed E-state index contributed by atoms with van der Waals surface area (Å²) in [6, 6.07) is 28.6. The number of likely N-dealkylation sites (N-methyl/N-ethyl adjacent to an activating group) is 1. The number of carbonyl (C=O) groups is 2. The molecule has 0 aliphatic heterocycles. The van der Waals surface area contributed by atoms with Crippen LogP contribution in [-0.4, -0.2) is 44.3 Å². The van der Waals surface area contributed by atoms with Crippen molar-refractivity contribution < 1.29 is 18.0 Å². The van der Waals surface area contributed by atoms with E-state index in [1.807, 2.05) is 56.3 Å². The van der Waals surface area contributed by atoms with Crippen molar-refractivity contribution in [3.05, 3.63) is 130 Å². The van der Waals surface area contributed by atoms with Gasteiger partial charge in [0.05, 0.1) is 20.6 Å². The first kappa shape index (κ1) is 34.0. The molecule has 0 unspecified atom stereocenters. The number of hydrogen-bond donors (Lipinski definition) is 1. The summed E-state index contributed by atoms with van der Waals surface area (Å²) in [7, 11) is -4.17. The summed E-state index contributed by atoms with van der Waals surface area (Å²) < 4.78 is 29.3. The lowest BCUT2D eigenvalue weighted by molar-refractivity contribution is -0.140. The van der Waals surface area contributed by atoms with Crippen LogP contribution in [0.1, 0.15) is 43.4 Å². The van der Waals surface area contributed by atoms with Gasteiger partial charge in [-0.1, -0.05) is 104 Å². The summed E-state index contributed by atoms with van der Waals surface area (Å²) in [5.41, 5.74) is 2.85. The highest BCUT2D eigenvalue weighted by Gasteiger charge is 2.34. The summed E-state index contributed by atoms with van der Waals surface area (Å²) in [5.74, 6) is -0.674. The number of nitrogens with one attached hydrogen (secondary N) is 1. The number of benzene rings is 4. The molecular weight excluding hydrogens is 629 g/mol. The quantitative estimate of drug-likeness (QED) is 0.165. The molecule has 4 aromatic rings. The highest BCUT2D eigenvalue weighted by molar-refractivity contribution is 7.92. The van der Waals surface area contributed by atoms with Gasteiger partial charge in [-0.05, 0) is 65.9 Å². The van der Waals surface area contributed by atoms with Gasteiger partial charge in [0.1, 0.15) is 12.6 Å². The zero-order chi connectivity index (χ0) is 32.6. The van der Waals surface area contributed by atoms with Crippen molar-refractivity contribution >= 4 is 50.7 Å². The molecular formula is C35H37Cl2N3O4S. The average Bonchev–Trinajstić information content (AvgIpc) is 3.04. The third-order valence-corrected chi connectivity index (χ3v) is 9.94. The number of sulfonamides is 1. The van der Waals surface area contributed by atoms with Crippen LogP contribution in [0.2, 0.25) is 10.0 Å². The molecule has 0 aromatic heterocycles. The number of carbonyl (C=O) groups excluding carboxylic acids is 2. The fraction of sp³-hybridized carbons (Fsp3) is 0.257. The molecule has 10 heteroatoms. The van der Waals surface area contributed by atoms with Crippen molar-refractivity contribution in [2.24, 2.45) is 0 Å². The Morgan fingerprint density at radius 1 is 0.800 bits per heavy atom. The normalized spacial score (nSPS) is 12.0. The van der Waals surface area contributed by atoms with Crippen molar-refractivity contribution in [1.29, 1.82) is 0 Å². The lowest BCUT2D eigenvalue weighted by Crippen LogP contribution is -2.53. The molecule has 2 amide bonds. The van der Waals surface area contributed by atoms with Gasteiger partial charge in [0, 0.05) is 19.5 Å². The Hall–Kier alpha value is -3.85. The molecule has 0 saturated heterocycles. The standard InChI is InChI=1S/C35H37Cl2N3O4S/c1-4-38-35(42)33(22-26-11-7-5-8-12-26)39(23-27-15-20-31(36)32(37)21-27)34(41)24-40(29-18-16-28(17-19-29)25(2)3)45(43,44)30-13-9-6-10-14-30/h5-21,25,33H,4,22-24H2,1-3H3,(H,38,42)/t33-/m0/s1. The largest absolute Gasteiger partial charge is 0.355 e. The number of rotatable bonds is 13. The van der Waals surface area contributed by atoms with Crippen molar-refractivity contribution in [2.45, 2.75) is 50.6 Å². The minimum absolute atomic E-state index is 0.00410. The second-order valence-electron chi connectivity index (χ2n) is 10.9. The second kappa shape index (κ2) is 15.4. The summed E-state index contributed by atoms with van der Waals surface area (Å²) >= 11 is 12.5. The highest BCUT2D eigenvalue weighted by Crippen LogP contribution is 2.28. The van der Waals surface area contributed by atoms with E-state index in [4.69, 9.17) is 23.2 Å². The molecule has 4 rings (SSSR count). The van der Waals surface area contributed by atoms with Crippen LogP contribution in [0.25, 0.3) is 0 Å². The first-order valence-electron chi connectivity index (χ1n) is 14.7. The van der Waals surface area contributed by atoms with Gasteiger partial charge in [0.15, 0.2) is 0 Å². The molecule has 0 saturated carbocycles. The van der Waals surface area contributed by atoms with E-state index in [0.717, 1.165) is 15.4 Å². The highest BCUT2D eigenvalue weighted by atomic mass is 35.5. The Morgan fingerprint density at radius 2 is 1.42 bits per heavy atom. The Bertz CT molecular complexity index is 1700. The molecule has 0 fully saturated rings. The maximum absolute atomic E-state index is 14.5. The third kappa shape index (κ3) is 8.66. The summed E-state index contributed by atoms with van der Waals surface area (Å²) in [4.78, 5) is 29.5. The molecule has 1 N–H and O–H groups in total. The van der Waals surface area contributed by atoms with Gasteiger partial charge in [-0.2, -0.15) is 0 Å². The topological polar surface area (TPSA) is 86.8 Å². The van der Waals surface area contributed by atoms with Crippen molar-refractivity contribution in [1.82, 2.24) is 10.2 Å². The Kier molecular flexibility index (Phi) is 11.7. The van der Waals surface area contributed by atoms with Crippen LogP contribution >= 0.6 is 23.2 Å². The Morgan fingerprint density at radius 3 is 2.00 bits per heavy atom. The molecule has 236 valence electrons. The van der Waals surface area contributed by atoms with Gasteiger partial charge in [-0.25, -0.2) is 8.42 Å². The molecule has 0 radical (unpaired) electrons. The number of amides is 2. The molecule has 0 heterocycles. The van der Waals surface area contributed by atoms with E-state index in [1.165, 1.54) is 17.0 Å². The van der Waals surface area contributed by atoms with Crippen LogP contribution in [0.3, 0.4) is 0 Å². The molecule has 4 aromatic carbocycles. The van der Waals surface area contributed by atoms with Crippen LogP contribution in [-0.2, 0) is 32.6 Å². The summed E-state index contributed by atoms with van der Waals surface area (Å²) in [6.45, 7) is 5.71. The number of anilines is 1. The fourth-order valence-electron chi connectivity index (χ4n) is 4.95.